The van der Waals surface area contributed by atoms with Crippen molar-refractivity contribution in [3.05, 3.63) is 46.7 Å². The van der Waals surface area contributed by atoms with Crippen molar-refractivity contribution in [2.75, 3.05) is 13.2 Å². The van der Waals surface area contributed by atoms with E-state index in [9.17, 15) is 19.6 Å². The Morgan fingerprint density at radius 2 is 2.00 bits per heavy atom. The fraction of sp³-hybridized carbons (Fsp3) is 0.318. The molecule has 1 aliphatic rings. The van der Waals surface area contributed by atoms with Crippen molar-refractivity contribution in [3.63, 3.8) is 0 Å². The van der Waals surface area contributed by atoms with E-state index in [0.717, 1.165) is 4.90 Å². The minimum atomic E-state index is -1.21. The van der Waals surface area contributed by atoms with E-state index in [4.69, 9.17) is 20.8 Å². The highest BCUT2D eigenvalue weighted by molar-refractivity contribution is 6.30. The quantitative estimate of drug-likeness (QED) is 0.656. The Kier molecular flexibility index (Phi) is 6.95. The summed E-state index contributed by atoms with van der Waals surface area (Å²) in [7, 11) is 0. The highest BCUT2D eigenvalue weighted by Crippen LogP contribution is 2.39. The first-order chi connectivity index (χ1) is 15.3. The third kappa shape index (κ3) is 4.36. The van der Waals surface area contributed by atoms with Crippen molar-refractivity contribution in [1.82, 2.24) is 10.2 Å². The standard InChI is InChI=1S/C22H21ClN4O5/c1-4-25-21(29)27-18(16(11-24)12(3)26-22(27)30)19-15(20(28)31-5-2)10-17(32-19)13-6-8-14(23)9-7-13/h6-10,16,18H,4-5H2,1-3H3,(H,25,29). The number of aliphatic imine (C=N–C) groups is 1. The van der Waals surface area contributed by atoms with E-state index in [1.807, 2.05) is 0 Å². The third-order valence-corrected chi connectivity index (χ3v) is 5.11. The van der Waals surface area contributed by atoms with Crippen LogP contribution in [0.4, 0.5) is 9.59 Å². The molecule has 0 saturated carbocycles. The fourth-order valence-corrected chi connectivity index (χ4v) is 3.53. The van der Waals surface area contributed by atoms with Gasteiger partial charge in [0.15, 0.2) is 0 Å². The summed E-state index contributed by atoms with van der Waals surface area (Å²) in [5.74, 6) is -1.46. The van der Waals surface area contributed by atoms with Gasteiger partial charge in [0.05, 0.1) is 12.7 Å². The van der Waals surface area contributed by atoms with Gasteiger partial charge in [-0.1, -0.05) is 11.6 Å². The number of carbonyl (C=O) groups excluding carboxylic acids is 3. The number of nitrogens with one attached hydrogen (secondary N) is 1. The number of nitriles is 1. The smallest absolute Gasteiger partial charge is 0.352 e. The molecule has 10 heteroatoms. The van der Waals surface area contributed by atoms with E-state index in [1.54, 1.807) is 38.1 Å². The predicted octanol–water partition coefficient (Wildman–Crippen LogP) is 4.58. The van der Waals surface area contributed by atoms with Crippen molar-refractivity contribution in [1.29, 1.82) is 5.26 Å². The van der Waals surface area contributed by atoms with Crippen LogP contribution in [0.25, 0.3) is 11.3 Å². The highest BCUT2D eigenvalue weighted by atomic mass is 35.5. The minimum absolute atomic E-state index is 0.0128. The van der Waals surface area contributed by atoms with Gasteiger partial charge in [-0.2, -0.15) is 5.26 Å². The van der Waals surface area contributed by atoms with Crippen LogP contribution in [-0.2, 0) is 4.74 Å². The van der Waals surface area contributed by atoms with Gasteiger partial charge in [-0.25, -0.2) is 24.3 Å². The lowest BCUT2D eigenvalue weighted by Gasteiger charge is -2.34. The maximum absolute atomic E-state index is 12.7. The maximum atomic E-state index is 12.7. The molecule has 2 aromatic rings. The summed E-state index contributed by atoms with van der Waals surface area (Å²) < 4.78 is 11.2. The van der Waals surface area contributed by atoms with E-state index >= 15 is 0 Å². The molecule has 3 rings (SSSR count). The largest absolute Gasteiger partial charge is 0.462 e. The molecule has 2 unspecified atom stereocenters. The molecule has 0 bridgehead atoms. The second-order valence-corrected chi connectivity index (χ2v) is 7.35. The molecule has 32 heavy (non-hydrogen) atoms. The van der Waals surface area contributed by atoms with Crippen LogP contribution in [-0.4, -0.2) is 41.8 Å². The van der Waals surface area contributed by atoms with Gasteiger partial charge in [0.2, 0.25) is 0 Å². The molecule has 1 aliphatic heterocycles. The summed E-state index contributed by atoms with van der Waals surface area (Å²) in [6, 6.07) is 7.42. The molecule has 1 aromatic heterocycles. The number of benzene rings is 1. The number of rotatable bonds is 5. The van der Waals surface area contributed by atoms with Gasteiger partial charge in [-0.05, 0) is 51.1 Å². The van der Waals surface area contributed by atoms with Crippen LogP contribution >= 0.6 is 11.6 Å². The number of furan rings is 1. The number of amides is 4. The molecule has 4 amide bonds. The lowest BCUT2D eigenvalue weighted by molar-refractivity contribution is 0.0519. The summed E-state index contributed by atoms with van der Waals surface area (Å²) in [5.41, 5.74) is 0.831. The molecule has 2 heterocycles. The molecule has 1 aromatic carbocycles. The summed E-state index contributed by atoms with van der Waals surface area (Å²) in [6.45, 7) is 5.20. The SMILES string of the molecule is CCNC(=O)N1C(=O)N=C(C)C(C#N)C1c1oc(-c2ccc(Cl)cc2)cc1C(=O)OCC. The molecule has 0 spiro atoms. The van der Waals surface area contributed by atoms with Crippen LogP contribution in [0.5, 0.6) is 0 Å². The van der Waals surface area contributed by atoms with Crippen LogP contribution < -0.4 is 5.32 Å². The van der Waals surface area contributed by atoms with Gasteiger partial charge in [-0.15, -0.1) is 0 Å². The molecule has 2 atom stereocenters. The number of ether oxygens (including phenoxy) is 1. The molecule has 166 valence electrons. The number of urea groups is 2. The normalized spacial score (nSPS) is 18.0. The van der Waals surface area contributed by atoms with Gasteiger partial charge in [-0.3, -0.25) is 0 Å². The number of esters is 1. The van der Waals surface area contributed by atoms with E-state index < -0.39 is 30.0 Å². The van der Waals surface area contributed by atoms with Crippen molar-refractivity contribution in [2.24, 2.45) is 10.9 Å². The van der Waals surface area contributed by atoms with Gasteiger partial charge < -0.3 is 14.5 Å². The Morgan fingerprint density at radius 3 is 2.59 bits per heavy atom. The Morgan fingerprint density at radius 1 is 1.31 bits per heavy atom. The number of carbonyl (C=O) groups is 3. The van der Waals surface area contributed by atoms with Crippen molar-refractivity contribution in [2.45, 2.75) is 26.8 Å². The molecule has 0 radical (unpaired) electrons. The van der Waals surface area contributed by atoms with Gasteiger partial charge in [0.1, 0.15) is 29.0 Å². The Hall–Kier alpha value is -3.64. The van der Waals surface area contributed by atoms with Crippen molar-refractivity contribution >= 4 is 35.3 Å². The second-order valence-electron chi connectivity index (χ2n) is 6.91. The van der Waals surface area contributed by atoms with Gasteiger partial charge in [0.25, 0.3) is 0 Å². The topological polar surface area (TPSA) is 125 Å². The van der Waals surface area contributed by atoms with E-state index in [1.165, 1.54) is 13.0 Å². The zero-order valence-corrected chi connectivity index (χ0v) is 18.5. The zero-order chi connectivity index (χ0) is 23.4. The van der Waals surface area contributed by atoms with Crippen molar-refractivity contribution in [3.8, 4) is 17.4 Å². The second kappa shape index (κ2) is 9.66. The summed E-state index contributed by atoms with van der Waals surface area (Å²) in [4.78, 5) is 42.8. The highest BCUT2D eigenvalue weighted by Gasteiger charge is 2.46. The van der Waals surface area contributed by atoms with E-state index in [2.05, 4.69) is 16.4 Å². The summed E-state index contributed by atoms with van der Waals surface area (Å²) in [6.07, 6.45) is 0. The first kappa shape index (κ1) is 23.0. The number of hydrogen-bond acceptors (Lipinski definition) is 6. The number of hydrogen-bond donors (Lipinski definition) is 1. The number of imide groups is 1. The minimum Gasteiger partial charge on any atom is -0.462 e. The average Bonchev–Trinajstić information content (AvgIpc) is 3.19. The van der Waals surface area contributed by atoms with Gasteiger partial charge in [0, 0.05) is 22.8 Å². The lowest BCUT2D eigenvalue weighted by atomic mass is 9.90. The molecule has 1 N–H and O–H groups in total. The van der Waals surface area contributed by atoms with Crippen LogP contribution in [0.1, 0.15) is 42.9 Å². The summed E-state index contributed by atoms with van der Waals surface area (Å²) in [5, 5.41) is 12.9. The van der Waals surface area contributed by atoms with Crippen molar-refractivity contribution < 1.29 is 23.5 Å². The average molecular weight is 457 g/mol. The van der Waals surface area contributed by atoms with E-state index in [0.29, 0.717) is 16.3 Å². The predicted molar refractivity (Wildman–Crippen MR) is 116 cm³/mol. The molecule has 0 fully saturated rings. The summed E-state index contributed by atoms with van der Waals surface area (Å²) >= 11 is 5.96. The zero-order valence-electron chi connectivity index (χ0n) is 17.7. The molecular weight excluding hydrogens is 436 g/mol. The Bertz CT molecular complexity index is 1120. The van der Waals surface area contributed by atoms with Gasteiger partial charge >= 0.3 is 18.0 Å². The number of nitrogens with zero attached hydrogens (tertiary/aromatic N) is 3. The van der Waals surface area contributed by atoms with Crippen LogP contribution in [0, 0.1) is 17.2 Å². The fourth-order valence-electron chi connectivity index (χ4n) is 3.40. The molecular formula is C22H21ClN4O5. The maximum Gasteiger partial charge on any atom is 0.352 e. The third-order valence-electron chi connectivity index (χ3n) is 4.86. The Balaban J connectivity index is 2.22. The number of halogens is 1. The molecule has 0 saturated heterocycles. The first-order valence-electron chi connectivity index (χ1n) is 9.94. The van der Waals surface area contributed by atoms with Crippen LogP contribution in [0.2, 0.25) is 5.02 Å². The first-order valence-corrected chi connectivity index (χ1v) is 10.3. The molecule has 0 aliphatic carbocycles. The van der Waals surface area contributed by atoms with Crippen LogP contribution in [0.15, 0.2) is 39.7 Å². The molecule has 9 nitrogen and oxygen atoms in total. The monoisotopic (exact) mass is 456 g/mol. The lowest BCUT2D eigenvalue weighted by Crippen LogP contribution is -2.50. The Labute approximate surface area is 189 Å². The van der Waals surface area contributed by atoms with Crippen LogP contribution in [0.3, 0.4) is 0 Å². The van der Waals surface area contributed by atoms with E-state index in [-0.39, 0.29) is 30.2 Å².